The maximum Gasteiger partial charge on any atom is 0.321 e. The molecule has 1 N–H and O–H groups in total. The highest BCUT2D eigenvalue weighted by molar-refractivity contribution is 5.89. The van der Waals surface area contributed by atoms with E-state index in [-0.39, 0.29) is 18.1 Å². The number of urea groups is 1. The van der Waals surface area contributed by atoms with E-state index in [1.165, 1.54) is 18.3 Å². The molecule has 6 nitrogen and oxygen atoms in total. The maximum atomic E-state index is 13.3. The first-order valence-electron chi connectivity index (χ1n) is 8.75. The van der Waals surface area contributed by atoms with Crippen LogP contribution in [0.2, 0.25) is 0 Å². The molecule has 8 heteroatoms. The molecule has 142 valence electrons. The summed E-state index contributed by atoms with van der Waals surface area (Å²) in [7, 11) is 1.71. The van der Waals surface area contributed by atoms with E-state index in [1.807, 2.05) is 0 Å². The maximum absolute atomic E-state index is 13.3. The van der Waals surface area contributed by atoms with Crippen molar-refractivity contribution in [2.45, 2.75) is 37.8 Å². The fourth-order valence-corrected chi connectivity index (χ4v) is 3.27. The van der Waals surface area contributed by atoms with Crippen molar-refractivity contribution in [2.24, 2.45) is 5.18 Å². The van der Waals surface area contributed by atoms with Crippen LogP contribution in [0.5, 0.6) is 0 Å². The lowest BCUT2D eigenvalue weighted by atomic mass is 9.91. The zero-order valence-corrected chi connectivity index (χ0v) is 14.9. The van der Waals surface area contributed by atoms with Gasteiger partial charge in [0.2, 0.25) is 0 Å². The van der Waals surface area contributed by atoms with Gasteiger partial charge in [-0.1, -0.05) is 5.18 Å². The Labute approximate surface area is 155 Å². The van der Waals surface area contributed by atoms with Crippen LogP contribution in [0.1, 0.15) is 25.7 Å². The predicted molar refractivity (Wildman–Crippen MR) is 98.2 cm³/mol. The number of carbonyl (C=O) groups excluding carboxylic acids is 1. The molecule has 1 heterocycles. The number of amides is 2. The molecule has 1 aliphatic rings. The average molecular weight is 374 g/mol. The molecule has 0 spiro atoms. The largest absolute Gasteiger partial charge is 0.325 e. The second kappa shape index (κ2) is 8.20. The van der Waals surface area contributed by atoms with E-state index in [9.17, 15) is 18.5 Å². The van der Waals surface area contributed by atoms with E-state index in [2.05, 4.69) is 15.5 Å². The van der Waals surface area contributed by atoms with Crippen LogP contribution >= 0.6 is 0 Å². The summed E-state index contributed by atoms with van der Waals surface area (Å²) in [6.07, 6.45) is 4.29. The number of aromatic nitrogens is 1. The number of nitroso groups, excluding NO2 is 1. The van der Waals surface area contributed by atoms with Crippen LogP contribution in [-0.4, -0.2) is 35.0 Å². The molecule has 1 aromatic carbocycles. The molecule has 1 fully saturated rings. The number of hydrogen-bond acceptors (Lipinski definition) is 4. The summed E-state index contributed by atoms with van der Waals surface area (Å²) in [6, 6.07) is 6.04. The number of pyridine rings is 1. The van der Waals surface area contributed by atoms with Gasteiger partial charge >= 0.3 is 6.03 Å². The van der Waals surface area contributed by atoms with Gasteiger partial charge in [-0.2, -0.15) is 4.91 Å². The Morgan fingerprint density at radius 1 is 1.15 bits per heavy atom. The van der Waals surface area contributed by atoms with Gasteiger partial charge < -0.3 is 10.2 Å². The lowest BCUT2D eigenvalue weighted by Crippen LogP contribution is -2.42. The van der Waals surface area contributed by atoms with Crippen molar-refractivity contribution >= 4 is 11.7 Å². The first-order chi connectivity index (χ1) is 13.0. The average Bonchev–Trinajstić information content (AvgIpc) is 2.67. The van der Waals surface area contributed by atoms with Gasteiger partial charge in [0.25, 0.3) is 0 Å². The number of rotatable bonds is 4. The van der Waals surface area contributed by atoms with Crippen LogP contribution in [0.4, 0.5) is 19.3 Å². The molecule has 1 aliphatic carbocycles. The van der Waals surface area contributed by atoms with Gasteiger partial charge in [-0.25, -0.2) is 13.6 Å². The second-order valence-electron chi connectivity index (χ2n) is 6.70. The van der Waals surface area contributed by atoms with E-state index < -0.39 is 11.6 Å². The summed E-state index contributed by atoms with van der Waals surface area (Å²) in [5.41, 5.74) is 1.21. The van der Waals surface area contributed by atoms with Gasteiger partial charge in [0.15, 0.2) is 0 Å². The van der Waals surface area contributed by atoms with Gasteiger partial charge in [0, 0.05) is 24.7 Å². The van der Waals surface area contributed by atoms with Crippen molar-refractivity contribution in [3.8, 4) is 11.3 Å². The van der Waals surface area contributed by atoms with E-state index >= 15 is 0 Å². The van der Waals surface area contributed by atoms with Gasteiger partial charge in [-0.3, -0.25) is 4.98 Å². The number of nitrogens with one attached hydrogen (secondary N) is 1. The highest BCUT2D eigenvalue weighted by atomic mass is 19.1. The highest BCUT2D eigenvalue weighted by Gasteiger charge is 2.27. The van der Waals surface area contributed by atoms with E-state index in [0.29, 0.717) is 29.8 Å². The second-order valence-corrected chi connectivity index (χ2v) is 6.70. The standard InChI is InChI=1S/C19H20F2N4O2/c1-25(17-5-2-15(24-27)3-6-17)19(26)23-16-4-7-18(22-11-16)12-8-13(20)10-14(21)9-12/h4,7-11,15,17H,2-3,5-6H2,1H3,(H,23,26). The Balaban J connectivity index is 1.62. The topological polar surface area (TPSA) is 74.7 Å². The van der Waals surface area contributed by atoms with Crippen LogP contribution in [-0.2, 0) is 0 Å². The van der Waals surface area contributed by atoms with Gasteiger partial charge in [-0.05, 0) is 49.9 Å². The third-order valence-corrected chi connectivity index (χ3v) is 4.86. The summed E-state index contributed by atoms with van der Waals surface area (Å²) in [6.45, 7) is 0. The van der Waals surface area contributed by atoms with Crippen molar-refractivity contribution in [1.82, 2.24) is 9.88 Å². The molecule has 0 saturated heterocycles. The number of carbonyl (C=O) groups is 1. The third-order valence-electron chi connectivity index (χ3n) is 4.86. The fraction of sp³-hybridized carbons (Fsp3) is 0.368. The molecular formula is C19H20F2N4O2. The predicted octanol–water partition coefficient (Wildman–Crippen LogP) is 4.57. The lowest BCUT2D eigenvalue weighted by Gasteiger charge is -2.32. The molecule has 0 unspecified atom stereocenters. The lowest BCUT2D eigenvalue weighted by molar-refractivity contribution is 0.182. The first kappa shape index (κ1) is 18.9. The van der Waals surface area contributed by atoms with Crippen LogP contribution in [0, 0.1) is 16.5 Å². The number of hydrogen-bond donors (Lipinski definition) is 1. The van der Waals surface area contributed by atoms with Crippen molar-refractivity contribution in [3.05, 3.63) is 53.1 Å². The summed E-state index contributed by atoms with van der Waals surface area (Å²) in [4.78, 5) is 28.8. The van der Waals surface area contributed by atoms with Crippen molar-refractivity contribution in [3.63, 3.8) is 0 Å². The summed E-state index contributed by atoms with van der Waals surface area (Å²) >= 11 is 0. The van der Waals surface area contributed by atoms with Crippen LogP contribution in [0.25, 0.3) is 11.3 Å². The van der Waals surface area contributed by atoms with Crippen LogP contribution < -0.4 is 5.32 Å². The van der Waals surface area contributed by atoms with Crippen LogP contribution in [0.3, 0.4) is 0 Å². The molecule has 2 amide bonds. The molecule has 3 rings (SSSR count). The molecule has 1 saturated carbocycles. The number of benzene rings is 1. The number of nitrogens with zero attached hydrogens (tertiary/aromatic N) is 3. The molecule has 27 heavy (non-hydrogen) atoms. The molecule has 1 aromatic heterocycles. The van der Waals surface area contributed by atoms with Gasteiger partial charge in [0.1, 0.15) is 11.6 Å². The molecule has 0 bridgehead atoms. The van der Waals surface area contributed by atoms with Crippen molar-refractivity contribution in [1.29, 1.82) is 0 Å². The zero-order chi connectivity index (χ0) is 19.4. The smallest absolute Gasteiger partial charge is 0.321 e. The summed E-state index contributed by atoms with van der Waals surface area (Å²) in [5.74, 6) is -1.35. The van der Waals surface area contributed by atoms with Crippen molar-refractivity contribution < 1.29 is 13.6 Å². The molecular weight excluding hydrogens is 354 g/mol. The number of halogens is 2. The minimum Gasteiger partial charge on any atom is -0.325 e. The van der Waals surface area contributed by atoms with Crippen molar-refractivity contribution in [2.75, 3.05) is 12.4 Å². The zero-order valence-electron chi connectivity index (χ0n) is 14.9. The first-order valence-corrected chi connectivity index (χ1v) is 8.75. The van der Waals surface area contributed by atoms with Gasteiger partial charge in [-0.15, -0.1) is 0 Å². The Morgan fingerprint density at radius 3 is 2.37 bits per heavy atom. The van der Waals surface area contributed by atoms with E-state index in [1.54, 1.807) is 24.1 Å². The minimum absolute atomic E-state index is 0.0606. The Hall–Kier alpha value is -2.90. The van der Waals surface area contributed by atoms with E-state index in [4.69, 9.17) is 0 Å². The fourth-order valence-electron chi connectivity index (χ4n) is 3.27. The summed E-state index contributed by atoms with van der Waals surface area (Å²) in [5, 5.41) is 5.83. The Kier molecular flexibility index (Phi) is 5.73. The number of anilines is 1. The Bertz CT molecular complexity index is 801. The minimum atomic E-state index is -0.676. The van der Waals surface area contributed by atoms with Gasteiger partial charge in [0.05, 0.1) is 23.6 Å². The normalized spacial score (nSPS) is 19.4. The quantitative estimate of drug-likeness (QED) is 0.797. The Morgan fingerprint density at radius 2 is 1.81 bits per heavy atom. The molecule has 0 aliphatic heterocycles. The molecule has 2 aromatic rings. The van der Waals surface area contributed by atoms with Crippen LogP contribution in [0.15, 0.2) is 41.7 Å². The SMILES string of the molecule is CN(C(=O)Nc1ccc(-c2cc(F)cc(F)c2)nc1)C1CCC(N=O)CC1. The highest BCUT2D eigenvalue weighted by Crippen LogP contribution is 2.25. The molecule has 0 radical (unpaired) electrons. The molecule has 0 atom stereocenters. The van der Waals surface area contributed by atoms with E-state index in [0.717, 1.165) is 18.9 Å². The third kappa shape index (κ3) is 4.64. The summed E-state index contributed by atoms with van der Waals surface area (Å²) < 4.78 is 26.6. The monoisotopic (exact) mass is 374 g/mol.